The Balaban J connectivity index is 1.48. The summed E-state index contributed by atoms with van der Waals surface area (Å²) in [4.78, 5) is 0. The van der Waals surface area contributed by atoms with Gasteiger partial charge in [0.05, 0.1) is 0 Å². The van der Waals surface area contributed by atoms with Crippen LogP contribution in [0.4, 0.5) is 13.2 Å². The SMILES string of the molecule is CCC=CCC1CCC(C2CCC(c3cc(F)c(F)c(F)c3)CC2)CC1. The first-order valence-corrected chi connectivity index (χ1v) is 10.4. The van der Waals surface area contributed by atoms with Crippen molar-refractivity contribution in [3.8, 4) is 0 Å². The van der Waals surface area contributed by atoms with Crippen LogP contribution in [0.5, 0.6) is 0 Å². The van der Waals surface area contributed by atoms with Gasteiger partial charge in [-0.2, -0.15) is 0 Å². The first kappa shape index (κ1) is 19.5. The normalized spacial score (nSPS) is 30.0. The Morgan fingerprint density at radius 1 is 0.808 bits per heavy atom. The van der Waals surface area contributed by atoms with Crippen molar-refractivity contribution < 1.29 is 13.2 Å². The fraction of sp³-hybridized carbons (Fsp3) is 0.652. The van der Waals surface area contributed by atoms with E-state index in [1.165, 1.54) is 44.2 Å². The maximum atomic E-state index is 13.5. The third kappa shape index (κ3) is 4.72. The minimum atomic E-state index is -1.35. The average molecular weight is 364 g/mol. The molecule has 0 spiro atoms. The Labute approximate surface area is 155 Å². The Morgan fingerprint density at radius 2 is 1.35 bits per heavy atom. The molecule has 0 radical (unpaired) electrons. The zero-order chi connectivity index (χ0) is 18.5. The van der Waals surface area contributed by atoms with E-state index < -0.39 is 17.5 Å². The van der Waals surface area contributed by atoms with Crippen LogP contribution in [0.1, 0.15) is 82.6 Å². The Morgan fingerprint density at radius 3 is 1.88 bits per heavy atom. The lowest BCUT2D eigenvalue weighted by Crippen LogP contribution is -2.25. The highest BCUT2D eigenvalue weighted by Gasteiger charge is 2.31. The molecule has 0 nitrogen and oxygen atoms in total. The fourth-order valence-corrected chi connectivity index (χ4v) is 5.09. The number of allylic oxidation sites excluding steroid dienone is 2. The molecular formula is C23H31F3. The molecule has 0 aliphatic heterocycles. The molecule has 0 N–H and O–H groups in total. The Hall–Kier alpha value is -1.25. The largest absolute Gasteiger partial charge is 0.204 e. The summed E-state index contributed by atoms with van der Waals surface area (Å²) in [5.74, 6) is -0.859. The van der Waals surface area contributed by atoms with Crippen LogP contribution in [0.2, 0.25) is 0 Å². The van der Waals surface area contributed by atoms with E-state index in [2.05, 4.69) is 19.1 Å². The lowest BCUT2D eigenvalue weighted by molar-refractivity contribution is 0.160. The molecule has 26 heavy (non-hydrogen) atoms. The molecular weight excluding hydrogens is 333 g/mol. The van der Waals surface area contributed by atoms with Crippen molar-refractivity contribution in [2.75, 3.05) is 0 Å². The van der Waals surface area contributed by atoms with Crippen LogP contribution in [-0.4, -0.2) is 0 Å². The summed E-state index contributed by atoms with van der Waals surface area (Å²) in [5, 5.41) is 0. The molecule has 0 atom stereocenters. The number of rotatable bonds is 5. The van der Waals surface area contributed by atoms with Gasteiger partial charge in [-0.3, -0.25) is 0 Å². The highest BCUT2D eigenvalue weighted by molar-refractivity contribution is 5.23. The van der Waals surface area contributed by atoms with Gasteiger partial charge in [0.1, 0.15) is 0 Å². The van der Waals surface area contributed by atoms with Crippen LogP contribution in [0.25, 0.3) is 0 Å². The minimum absolute atomic E-state index is 0.173. The monoisotopic (exact) mass is 364 g/mol. The summed E-state index contributed by atoms with van der Waals surface area (Å²) in [6, 6.07) is 2.39. The van der Waals surface area contributed by atoms with Crippen LogP contribution in [0, 0.1) is 35.2 Å². The smallest absolute Gasteiger partial charge is 0.194 e. The first-order valence-electron chi connectivity index (χ1n) is 10.4. The minimum Gasteiger partial charge on any atom is -0.204 e. The van der Waals surface area contributed by atoms with Gasteiger partial charge in [-0.25, -0.2) is 13.2 Å². The van der Waals surface area contributed by atoms with Crippen molar-refractivity contribution in [3.05, 3.63) is 47.3 Å². The molecule has 3 heteroatoms. The fourth-order valence-electron chi connectivity index (χ4n) is 5.09. The summed E-state index contributed by atoms with van der Waals surface area (Å²) < 4.78 is 40.1. The summed E-state index contributed by atoms with van der Waals surface area (Å²) >= 11 is 0. The number of benzene rings is 1. The average Bonchev–Trinajstić information content (AvgIpc) is 2.67. The molecule has 0 heterocycles. The van der Waals surface area contributed by atoms with Gasteiger partial charge < -0.3 is 0 Å². The maximum absolute atomic E-state index is 13.5. The number of halogens is 3. The van der Waals surface area contributed by atoms with Crippen molar-refractivity contribution in [2.24, 2.45) is 17.8 Å². The molecule has 144 valence electrons. The quantitative estimate of drug-likeness (QED) is 0.374. The van der Waals surface area contributed by atoms with E-state index in [1.807, 2.05) is 0 Å². The molecule has 2 saturated carbocycles. The van der Waals surface area contributed by atoms with Gasteiger partial charge in [0.15, 0.2) is 17.5 Å². The van der Waals surface area contributed by atoms with Crippen LogP contribution in [0.15, 0.2) is 24.3 Å². The second kappa shape index (κ2) is 9.10. The standard InChI is InChI=1S/C23H31F3/c1-2-3-4-5-16-6-8-17(9-7-16)18-10-12-19(13-11-18)20-14-21(24)23(26)22(25)15-20/h3-4,14-19H,2,5-13H2,1H3. The van der Waals surface area contributed by atoms with E-state index in [4.69, 9.17) is 0 Å². The van der Waals surface area contributed by atoms with E-state index in [1.54, 1.807) is 0 Å². The van der Waals surface area contributed by atoms with Crippen molar-refractivity contribution in [2.45, 2.75) is 77.0 Å². The van der Waals surface area contributed by atoms with E-state index in [9.17, 15) is 13.2 Å². The predicted octanol–water partition coefficient (Wildman–Crippen LogP) is 7.54. The van der Waals surface area contributed by atoms with Crippen LogP contribution >= 0.6 is 0 Å². The first-order chi connectivity index (χ1) is 12.6. The van der Waals surface area contributed by atoms with E-state index in [0.717, 1.165) is 49.9 Å². The molecule has 1 aromatic rings. The maximum Gasteiger partial charge on any atom is 0.194 e. The molecule has 0 saturated heterocycles. The molecule has 2 aliphatic carbocycles. The van der Waals surface area contributed by atoms with E-state index in [-0.39, 0.29) is 5.92 Å². The Kier molecular flexibility index (Phi) is 6.83. The van der Waals surface area contributed by atoms with Crippen molar-refractivity contribution >= 4 is 0 Å². The molecule has 1 aromatic carbocycles. The zero-order valence-electron chi connectivity index (χ0n) is 15.8. The predicted molar refractivity (Wildman–Crippen MR) is 101 cm³/mol. The van der Waals surface area contributed by atoms with Gasteiger partial charge in [-0.05, 0) is 106 Å². The van der Waals surface area contributed by atoms with E-state index in [0.29, 0.717) is 5.56 Å². The van der Waals surface area contributed by atoms with Gasteiger partial charge in [0, 0.05) is 0 Å². The van der Waals surface area contributed by atoms with Crippen LogP contribution < -0.4 is 0 Å². The lowest BCUT2D eigenvalue weighted by Gasteiger charge is -2.38. The van der Waals surface area contributed by atoms with E-state index >= 15 is 0 Å². The second-order valence-corrected chi connectivity index (χ2v) is 8.31. The van der Waals surface area contributed by atoms with Gasteiger partial charge in [-0.15, -0.1) is 0 Å². The molecule has 3 rings (SSSR count). The highest BCUT2D eigenvalue weighted by atomic mass is 19.2. The third-order valence-electron chi connectivity index (χ3n) is 6.68. The summed E-state index contributed by atoms with van der Waals surface area (Å²) in [5.41, 5.74) is 0.631. The molecule has 0 aromatic heterocycles. The van der Waals surface area contributed by atoms with Gasteiger partial charge in [0.25, 0.3) is 0 Å². The van der Waals surface area contributed by atoms with Crippen molar-refractivity contribution in [3.63, 3.8) is 0 Å². The van der Waals surface area contributed by atoms with Crippen LogP contribution in [0.3, 0.4) is 0 Å². The summed E-state index contributed by atoms with van der Waals surface area (Å²) in [7, 11) is 0. The third-order valence-corrected chi connectivity index (χ3v) is 6.68. The number of hydrogen-bond donors (Lipinski definition) is 0. The number of hydrogen-bond acceptors (Lipinski definition) is 0. The van der Waals surface area contributed by atoms with Gasteiger partial charge in [0.2, 0.25) is 0 Å². The molecule has 0 bridgehead atoms. The Bertz CT molecular complexity index is 583. The van der Waals surface area contributed by atoms with Crippen LogP contribution in [-0.2, 0) is 0 Å². The topological polar surface area (TPSA) is 0 Å². The highest BCUT2D eigenvalue weighted by Crippen LogP contribution is 2.44. The van der Waals surface area contributed by atoms with Crippen molar-refractivity contribution in [1.29, 1.82) is 0 Å². The molecule has 2 aliphatic rings. The zero-order valence-corrected chi connectivity index (χ0v) is 15.8. The molecule has 2 fully saturated rings. The summed E-state index contributed by atoms with van der Waals surface area (Å²) in [6.07, 6.45) is 16.5. The molecule has 0 unspecified atom stereocenters. The lowest BCUT2D eigenvalue weighted by atomic mass is 9.68. The van der Waals surface area contributed by atoms with Gasteiger partial charge in [-0.1, -0.05) is 19.1 Å². The molecule has 0 amide bonds. The summed E-state index contributed by atoms with van der Waals surface area (Å²) in [6.45, 7) is 2.18. The van der Waals surface area contributed by atoms with Crippen molar-refractivity contribution in [1.82, 2.24) is 0 Å². The van der Waals surface area contributed by atoms with Gasteiger partial charge >= 0.3 is 0 Å². The second-order valence-electron chi connectivity index (χ2n) is 8.31.